The quantitative estimate of drug-likeness (QED) is 0.852. The van der Waals surface area contributed by atoms with Gasteiger partial charge in [0.2, 0.25) is 0 Å². The molecule has 5 nitrogen and oxygen atoms in total. The van der Waals surface area contributed by atoms with Crippen molar-refractivity contribution >= 4 is 11.3 Å². The lowest BCUT2D eigenvalue weighted by Gasteiger charge is -2.10. The molecule has 2 aromatic rings. The van der Waals surface area contributed by atoms with Crippen LogP contribution in [-0.4, -0.2) is 20.4 Å². The summed E-state index contributed by atoms with van der Waals surface area (Å²) in [5.74, 6) is 0.576. The van der Waals surface area contributed by atoms with Gasteiger partial charge in [-0.1, -0.05) is 13.8 Å². The van der Waals surface area contributed by atoms with E-state index < -0.39 is 0 Å². The molecule has 1 unspecified atom stereocenters. The Balaban J connectivity index is 2.13. The molecule has 2 rings (SSSR count). The lowest BCUT2D eigenvalue weighted by atomic mass is 10.0. The van der Waals surface area contributed by atoms with Crippen molar-refractivity contribution in [3.63, 3.8) is 0 Å². The SMILES string of the molecule is CC(C)CC(N)c1csc(-c2cn[nH]n2)n1. The maximum Gasteiger partial charge on any atom is 0.145 e. The molecular formula is C10H15N5S. The van der Waals surface area contributed by atoms with Gasteiger partial charge in [0.05, 0.1) is 11.9 Å². The Hall–Kier alpha value is -1.27. The number of aromatic nitrogens is 4. The molecule has 2 aromatic heterocycles. The summed E-state index contributed by atoms with van der Waals surface area (Å²) in [6.45, 7) is 4.32. The second kappa shape index (κ2) is 4.71. The van der Waals surface area contributed by atoms with Crippen LogP contribution in [0.1, 0.15) is 32.0 Å². The summed E-state index contributed by atoms with van der Waals surface area (Å²) in [5, 5.41) is 13.2. The zero-order chi connectivity index (χ0) is 11.5. The Labute approximate surface area is 98.1 Å². The van der Waals surface area contributed by atoms with Gasteiger partial charge in [-0.2, -0.15) is 15.4 Å². The molecule has 0 aliphatic heterocycles. The summed E-state index contributed by atoms with van der Waals surface area (Å²) >= 11 is 1.55. The maximum atomic E-state index is 6.06. The molecule has 3 N–H and O–H groups in total. The van der Waals surface area contributed by atoms with Gasteiger partial charge in [-0.05, 0) is 12.3 Å². The van der Waals surface area contributed by atoms with Gasteiger partial charge < -0.3 is 5.73 Å². The number of rotatable bonds is 4. The summed E-state index contributed by atoms with van der Waals surface area (Å²) in [6.07, 6.45) is 2.61. The second-order valence-corrected chi connectivity index (χ2v) is 5.03. The number of hydrogen-bond donors (Lipinski definition) is 2. The van der Waals surface area contributed by atoms with Crippen LogP contribution in [0.15, 0.2) is 11.6 Å². The monoisotopic (exact) mass is 237 g/mol. The average molecular weight is 237 g/mol. The van der Waals surface area contributed by atoms with Crippen molar-refractivity contribution in [3.05, 3.63) is 17.3 Å². The van der Waals surface area contributed by atoms with E-state index in [2.05, 4.69) is 34.2 Å². The van der Waals surface area contributed by atoms with Crippen LogP contribution < -0.4 is 5.73 Å². The molecule has 0 amide bonds. The lowest BCUT2D eigenvalue weighted by molar-refractivity contribution is 0.504. The smallest absolute Gasteiger partial charge is 0.145 e. The van der Waals surface area contributed by atoms with E-state index >= 15 is 0 Å². The van der Waals surface area contributed by atoms with Crippen LogP contribution in [0.3, 0.4) is 0 Å². The van der Waals surface area contributed by atoms with Gasteiger partial charge >= 0.3 is 0 Å². The van der Waals surface area contributed by atoms with Crippen LogP contribution in [0.2, 0.25) is 0 Å². The molecule has 0 aliphatic carbocycles. The zero-order valence-corrected chi connectivity index (χ0v) is 10.2. The normalized spacial score (nSPS) is 13.2. The summed E-state index contributed by atoms with van der Waals surface area (Å²) in [7, 11) is 0. The van der Waals surface area contributed by atoms with Gasteiger partial charge in [0.25, 0.3) is 0 Å². The number of nitrogens with zero attached hydrogens (tertiary/aromatic N) is 3. The Morgan fingerprint density at radius 3 is 2.94 bits per heavy atom. The van der Waals surface area contributed by atoms with Gasteiger partial charge in [-0.15, -0.1) is 11.3 Å². The Bertz CT molecular complexity index is 434. The summed E-state index contributed by atoms with van der Waals surface area (Å²) in [6, 6.07) is 0.0110. The van der Waals surface area contributed by atoms with Crippen molar-refractivity contribution in [1.82, 2.24) is 20.4 Å². The van der Waals surface area contributed by atoms with E-state index in [9.17, 15) is 0 Å². The maximum absolute atomic E-state index is 6.06. The highest BCUT2D eigenvalue weighted by Gasteiger charge is 2.13. The van der Waals surface area contributed by atoms with Crippen molar-refractivity contribution in [2.24, 2.45) is 11.7 Å². The van der Waals surface area contributed by atoms with E-state index in [1.54, 1.807) is 17.5 Å². The lowest BCUT2D eigenvalue weighted by Crippen LogP contribution is -2.13. The second-order valence-electron chi connectivity index (χ2n) is 4.17. The number of H-pyrrole nitrogens is 1. The summed E-state index contributed by atoms with van der Waals surface area (Å²) in [4.78, 5) is 4.48. The fourth-order valence-corrected chi connectivity index (χ4v) is 2.34. The highest BCUT2D eigenvalue weighted by Crippen LogP contribution is 2.25. The van der Waals surface area contributed by atoms with Crippen molar-refractivity contribution < 1.29 is 0 Å². The van der Waals surface area contributed by atoms with Gasteiger partial charge in [0, 0.05) is 11.4 Å². The average Bonchev–Trinajstić information content (AvgIpc) is 2.87. The fraction of sp³-hybridized carbons (Fsp3) is 0.500. The van der Waals surface area contributed by atoms with Crippen LogP contribution in [0.5, 0.6) is 0 Å². The van der Waals surface area contributed by atoms with Crippen molar-refractivity contribution in [2.75, 3.05) is 0 Å². The predicted molar refractivity (Wildman–Crippen MR) is 63.9 cm³/mol. The van der Waals surface area contributed by atoms with Crippen molar-refractivity contribution in [2.45, 2.75) is 26.3 Å². The Morgan fingerprint density at radius 2 is 2.31 bits per heavy atom. The van der Waals surface area contributed by atoms with Crippen LogP contribution >= 0.6 is 11.3 Å². The minimum Gasteiger partial charge on any atom is -0.323 e. The molecule has 2 heterocycles. The number of nitrogens with one attached hydrogen (secondary N) is 1. The predicted octanol–water partition coefficient (Wildman–Crippen LogP) is 1.97. The topological polar surface area (TPSA) is 80.5 Å². The number of aromatic amines is 1. The standard InChI is InChI=1S/C10H15N5S/c1-6(2)3-7(11)9-5-16-10(13-9)8-4-12-15-14-8/h4-7H,3,11H2,1-2H3,(H,12,14,15). The molecule has 16 heavy (non-hydrogen) atoms. The van der Waals surface area contributed by atoms with E-state index in [1.807, 2.05) is 5.38 Å². The van der Waals surface area contributed by atoms with Crippen LogP contribution in [-0.2, 0) is 0 Å². The van der Waals surface area contributed by atoms with E-state index in [0.717, 1.165) is 22.8 Å². The van der Waals surface area contributed by atoms with Gasteiger partial charge in [-0.3, -0.25) is 0 Å². The zero-order valence-electron chi connectivity index (χ0n) is 9.34. The molecule has 0 aliphatic rings. The molecule has 0 radical (unpaired) electrons. The number of nitrogens with two attached hydrogens (primary N) is 1. The highest BCUT2D eigenvalue weighted by atomic mass is 32.1. The van der Waals surface area contributed by atoms with Crippen molar-refractivity contribution in [3.8, 4) is 10.7 Å². The van der Waals surface area contributed by atoms with Crippen LogP contribution in [0.4, 0.5) is 0 Å². The minimum atomic E-state index is 0.0110. The first-order valence-electron chi connectivity index (χ1n) is 5.24. The first kappa shape index (κ1) is 11.2. The molecule has 86 valence electrons. The summed E-state index contributed by atoms with van der Waals surface area (Å²) < 4.78 is 0. The molecule has 0 aromatic carbocycles. The third-order valence-corrected chi connectivity index (χ3v) is 3.14. The Morgan fingerprint density at radius 1 is 1.50 bits per heavy atom. The molecule has 0 fully saturated rings. The van der Waals surface area contributed by atoms with Crippen molar-refractivity contribution in [1.29, 1.82) is 0 Å². The molecule has 0 bridgehead atoms. The fourth-order valence-electron chi connectivity index (χ4n) is 1.51. The minimum absolute atomic E-state index is 0.0110. The molecule has 1 atom stereocenters. The van der Waals surface area contributed by atoms with E-state index in [-0.39, 0.29) is 6.04 Å². The van der Waals surface area contributed by atoms with E-state index in [0.29, 0.717) is 5.92 Å². The van der Waals surface area contributed by atoms with E-state index in [4.69, 9.17) is 5.73 Å². The highest BCUT2D eigenvalue weighted by molar-refractivity contribution is 7.13. The molecule has 0 saturated carbocycles. The molecular weight excluding hydrogens is 222 g/mol. The van der Waals surface area contributed by atoms with Gasteiger partial charge in [-0.25, -0.2) is 4.98 Å². The summed E-state index contributed by atoms with van der Waals surface area (Å²) in [5.41, 5.74) is 7.78. The number of thiazole rings is 1. The Kier molecular flexibility index (Phi) is 3.31. The first-order chi connectivity index (χ1) is 7.66. The molecule has 6 heteroatoms. The number of hydrogen-bond acceptors (Lipinski definition) is 5. The van der Waals surface area contributed by atoms with Crippen LogP contribution in [0.25, 0.3) is 10.7 Å². The van der Waals surface area contributed by atoms with Crippen LogP contribution in [0, 0.1) is 5.92 Å². The third kappa shape index (κ3) is 2.45. The molecule has 0 saturated heterocycles. The van der Waals surface area contributed by atoms with E-state index in [1.165, 1.54) is 0 Å². The third-order valence-electron chi connectivity index (χ3n) is 2.26. The molecule has 0 spiro atoms. The van der Waals surface area contributed by atoms with Gasteiger partial charge in [0.1, 0.15) is 10.7 Å². The first-order valence-corrected chi connectivity index (χ1v) is 6.12. The largest absolute Gasteiger partial charge is 0.323 e. The van der Waals surface area contributed by atoms with Gasteiger partial charge in [0.15, 0.2) is 0 Å².